The van der Waals surface area contributed by atoms with Gasteiger partial charge in [0.1, 0.15) is 6.29 Å². The van der Waals surface area contributed by atoms with E-state index < -0.39 is 15.4 Å². The van der Waals surface area contributed by atoms with Crippen molar-refractivity contribution in [2.45, 2.75) is 31.3 Å². The number of hydrogen-bond donors (Lipinski definition) is 1. The Kier molecular flexibility index (Phi) is 3.74. The van der Waals surface area contributed by atoms with Gasteiger partial charge in [0, 0.05) is 5.56 Å². The number of rotatable bonds is 4. The SMILES string of the molecule is Cc1cc(S(=O)(=O)CC(C)(C)O)ccc1C=O. The normalized spacial score (nSPS) is 12.5. The Hall–Kier alpha value is -1.20. The molecule has 0 aliphatic heterocycles. The van der Waals surface area contributed by atoms with Crippen LogP contribution in [0.1, 0.15) is 29.8 Å². The number of hydrogen-bond acceptors (Lipinski definition) is 4. The lowest BCUT2D eigenvalue weighted by molar-refractivity contribution is 0.105. The van der Waals surface area contributed by atoms with E-state index in [-0.39, 0.29) is 10.6 Å². The molecule has 0 saturated heterocycles. The molecule has 4 nitrogen and oxygen atoms in total. The average molecular weight is 256 g/mol. The van der Waals surface area contributed by atoms with Crippen molar-refractivity contribution in [1.29, 1.82) is 0 Å². The molecule has 0 aliphatic carbocycles. The summed E-state index contributed by atoms with van der Waals surface area (Å²) >= 11 is 0. The van der Waals surface area contributed by atoms with Gasteiger partial charge in [-0.2, -0.15) is 0 Å². The topological polar surface area (TPSA) is 71.4 Å². The first-order valence-electron chi connectivity index (χ1n) is 5.17. The summed E-state index contributed by atoms with van der Waals surface area (Å²) in [5.41, 5.74) is -0.209. The summed E-state index contributed by atoms with van der Waals surface area (Å²) in [6.45, 7) is 4.56. The summed E-state index contributed by atoms with van der Waals surface area (Å²) in [6.07, 6.45) is 0.682. The van der Waals surface area contributed by atoms with Gasteiger partial charge in [-0.05, 0) is 38.5 Å². The summed E-state index contributed by atoms with van der Waals surface area (Å²) in [5, 5.41) is 9.55. The van der Waals surface area contributed by atoms with Crippen LogP contribution in [0.3, 0.4) is 0 Å². The minimum atomic E-state index is -3.53. The van der Waals surface area contributed by atoms with Gasteiger partial charge in [0.25, 0.3) is 0 Å². The summed E-state index contributed by atoms with van der Waals surface area (Å²) < 4.78 is 23.9. The Morgan fingerprint density at radius 2 is 1.94 bits per heavy atom. The van der Waals surface area contributed by atoms with Gasteiger partial charge in [-0.3, -0.25) is 4.79 Å². The van der Waals surface area contributed by atoms with Gasteiger partial charge in [-0.25, -0.2) is 8.42 Å². The first-order chi connectivity index (χ1) is 7.65. The van der Waals surface area contributed by atoms with Crippen LogP contribution in [0.2, 0.25) is 0 Å². The molecule has 0 aromatic heterocycles. The quantitative estimate of drug-likeness (QED) is 0.825. The zero-order valence-electron chi connectivity index (χ0n) is 10.1. The molecule has 0 radical (unpaired) electrons. The Morgan fingerprint density at radius 3 is 2.35 bits per heavy atom. The highest BCUT2D eigenvalue weighted by atomic mass is 32.2. The van der Waals surface area contributed by atoms with Crippen molar-refractivity contribution in [2.75, 3.05) is 5.75 Å². The maximum atomic E-state index is 12.0. The lowest BCUT2D eigenvalue weighted by Gasteiger charge is -2.17. The number of aliphatic hydroxyl groups is 1. The Balaban J connectivity index is 3.17. The van der Waals surface area contributed by atoms with E-state index in [1.807, 2.05) is 0 Å². The minimum absolute atomic E-state index is 0.128. The standard InChI is InChI=1S/C12H16O4S/c1-9-6-11(5-4-10(9)7-13)17(15,16)8-12(2,3)14/h4-7,14H,8H2,1-3H3. The fourth-order valence-corrected chi connectivity index (χ4v) is 3.25. The monoisotopic (exact) mass is 256 g/mol. The van der Waals surface area contributed by atoms with Gasteiger partial charge >= 0.3 is 0 Å². The number of benzene rings is 1. The van der Waals surface area contributed by atoms with E-state index >= 15 is 0 Å². The second-order valence-electron chi connectivity index (χ2n) is 4.71. The van der Waals surface area contributed by atoms with E-state index in [1.54, 1.807) is 6.92 Å². The number of aldehydes is 1. The van der Waals surface area contributed by atoms with Crippen molar-refractivity contribution in [3.8, 4) is 0 Å². The van der Waals surface area contributed by atoms with Gasteiger partial charge in [-0.1, -0.05) is 6.07 Å². The lowest BCUT2D eigenvalue weighted by atomic mass is 10.1. The molecule has 1 rings (SSSR count). The third-order valence-corrected chi connectivity index (χ3v) is 4.33. The molecule has 0 spiro atoms. The second-order valence-corrected chi connectivity index (χ2v) is 6.70. The van der Waals surface area contributed by atoms with Crippen LogP contribution in [-0.4, -0.2) is 31.2 Å². The van der Waals surface area contributed by atoms with Crippen LogP contribution in [0.25, 0.3) is 0 Å². The molecule has 0 bridgehead atoms. The smallest absolute Gasteiger partial charge is 0.181 e. The predicted octanol–water partition coefficient (Wildman–Crippen LogP) is 1.35. The highest BCUT2D eigenvalue weighted by molar-refractivity contribution is 7.91. The number of carbonyl (C=O) groups excluding carboxylic acids is 1. The van der Waals surface area contributed by atoms with Gasteiger partial charge in [0.2, 0.25) is 0 Å². The largest absolute Gasteiger partial charge is 0.389 e. The minimum Gasteiger partial charge on any atom is -0.389 e. The number of sulfone groups is 1. The molecule has 0 heterocycles. The van der Waals surface area contributed by atoms with E-state index in [1.165, 1.54) is 32.0 Å². The molecule has 0 unspecified atom stereocenters. The molecule has 0 fully saturated rings. The third-order valence-electron chi connectivity index (χ3n) is 2.27. The fraction of sp³-hybridized carbons (Fsp3) is 0.417. The van der Waals surface area contributed by atoms with Crippen LogP contribution in [0.4, 0.5) is 0 Å². The van der Waals surface area contributed by atoms with Crippen molar-refractivity contribution in [2.24, 2.45) is 0 Å². The lowest BCUT2D eigenvalue weighted by Crippen LogP contribution is -2.30. The van der Waals surface area contributed by atoms with Crippen LogP contribution < -0.4 is 0 Å². The zero-order valence-corrected chi connectivity index (χ0v) is 10.9. The molecule has 0 atom stereocenters. The maximum absolute atomic E-state index is 12.0. The highest BCUT2D eigenvalue weighted by Gasteiger charge is 2.25. The molecule has 1 N–H and O–H groups in total. The van der Waals surface area contributed by atoms with Crippen LogP contribution in [-0.2, 0) is 9.84 Å². The molecular formula is C12H16O4S. The summed E-state index contributed by atoms with van der Waals surface area (Å²) in [5.74, 6) is -0.347. The van der Waals surface area contributed by atoms with E-state index in [0.717, 1.165) is 0 Å². The van der Waals surface area contributed by atoms with E-state index in [4.69, 9.17) is 0 Å². The first kappa shape index (κ1) is 13.9. The van der Waals surface area contributed by atoms with Crippen molar-refractivity contribution < 1.29 is 18.3 Å². The molecule has 0 amide bonds. The van der Waals surface area contributed by atoms with Crippen molar-refractivity contribution in [3.63, 3.8) is 0 Å². The summed E-state index contributed by atoms with van der Waals surface area (Å²) in [4.78, 5) is 10.8. The second kappa shape index (κ2) is 4.58. The summed E-state index contributed by atoms with van der Waals surface area (Å²) in [7, 11) is -3.53. The van der Waals surface area contributed by atoms with Crippen molar-refractivity contribution >= 4 is 16.1 Å². The summed E-state index contributed by atoms with van der Waals surface area (Å²) in [6, 6.07) is 4.31. The van der Waals surface area contributed by atoms with Crippen LogP contribution in [0.15, 0.2) is 23.1 Å². The molecule has 17 heavy (non-hydrogen) atoms. The van der Waals surface area contributed by atoms with Crippen LogP contribution in [0.5, 0.6) is 0 Å². The van der Waals surface area contributed by atoms with Crippen LogP contribution >= 0.6 is 0 Å². The Labute approximate surface area is 101 Å². The van der Waals surface area contributed by atoms with Gasteiger partial charge in [0.05, 0.1) is 16.2 Å². The highest BCUT2D eigenvalue weighted by Crippen LogP contribution is 2.19. The van der Waals surface area contributed by atoms with Crippen molar-refractivity contribution in [1.82, 2.24) is 0 Å². The third kappa shape index (κ3) is 3.64. The Bertz CT molecular complexity index is 524. The van der Waals surface area contributed by atoms with Gasteiger partial charge in [0.15, 0.2) is 9.84 Å². The average Bonchev–Trinajstić information content (AvgIpc) is 2.13. The van der Waals surface area contributed by atoms with E-state index in [2.05, 4.69) is 0 Å². The molecule has 0 saturated carbocycles. The zero-order chi connectivity index (χ0) is 13.3. The number of carbonyl (C=O) groups is 1. The number of aryl methyl sites for hydroxylation is 1. The molecule has 0 aliphatic rings. The van der Waals surface area contributed by atoms with Gasteiger partial charge in [-0.15, -0.1) is 0 Å². The molecule has 5 heteroatoms. The fourth-order valence-electron chi connectivity index (χ4n) is 1.52. The maximum Gasteiger partial charge on any atom is 0.181 e. The van der Waals surface area contributed by atoms with Crippen LogP contribution in [0, 0.1) is 6.92 Å². The first-order valence-corrected chi connectivity index (χ1v) is 6.82. The molecule has 94 valence electrons. The predicted molar refractivity (Wildman–Crippen MR) is 64.9 cm³/mol. The molecular weight excluding hydrogens is 240 g/mol. The van der Waals surface area contributed by atoms with E-state index in [9.17, 15) is 18.3 Å². The van der Waals surface area contributed by atoms with Gasteiger partial charge < -0.3 is 5.11 Å². The van der Waals surface area contributed by atoms with E-state index in [0.29, 0.717) is 17.4 Å². The molecule has 1 aromatic rings. The Morgan fingerprint density at radius 1 is 1.35 bits per heavy atom. The van der Waals surface area contributed by atoms with Crippen molar-refractivity contribution in [3.05, 3.63) is 29.3 Å². The molecule has 1 aromatic carbocycles.